The zero-order valence-electron chi connectivity index (χ0n) is 13.4. The Kier molecular flexibility index (Phi) is 5.15. The second-order valence-corrected chi connectivity index (χ2v) is 6.43. The summed E-state index contributed by atoms with van der Waals surface area (Å²) in [5.74, 6) is 0. The van der Waals surface area contributed by atoms with Gasteiger partial charge in [-0.05, 0) is 50.4 Å². The van der Waals surface area contributed by atoms with Gasteiger partial charge in [-0.25, -0.2) is 0 Å². The van der Waals surface area contributed by atoms with Gasteiger partial charge in [-0.15, -0.1) is 0 Å². The first-order valence-electron chi connectivity index (χ1n) is 8.66. The molecule has 116 valence electrons. The van der Waals surface area contributed by atoms with E-state index < -0.39 is 0 Å². The van der Waals surface area contributed by atoms with Crippen LogP contribution < -0.4 is 10.2 Å². The van der Waals surface area contributed by atoms with Gasteiger partial charge in [0.25, 0.3) is 0 Å². The molecule has 2 heterocycles. The van der Waals surface area contributed by atoms with Crippen molar-refractivity contribution in [3.05, 3.63) is 29.8 Å². The van der Waals surface area contributed by atoms with Gasteiger partial charge in [-0.3, -0.25) is 0 Å². The molecular formula is C18H29N3. The lowest BCUT2D eigenvalue weighted by Gasteiger charge is -2.33. The molecule has 3 nitrogen and oxygen atoms in total. The number of hydrogen-bond donors (Lipinski definition) is 1. The summed E-state index contributed by atoms with van der Waals surface area (Å²) in [6.07, 6.45) is 5.28. The number of nitrogens with one attached hydrogen (secondary N) is 1. The van der Waals surface area contributed by atoms with Crippen LogP contribution in [-0.4, -0.2) is 43.7 Å². The molecule has 0 saturated carbocycles. The summed E-state index contributed by atoms with van der Waals surface area (Å²) in [5.41, 5.74) is 2.93. The molecule has 0 aliphatic carbocycles. The Balaban J connectivity index is 1.74. The highest BCUT2D eigenvalue weighted by atomic mass is 15.2. The summed E-state index contributed by atoms with van der Waals surface area (Å²) in [6, 6.07) is 9.67. The van der Waals surface area contributed by atoms with Gasteiger partial charge >= 0.3 is 0 Å². The molecule has 3 rings (SSSR count). The number of nitrogens with zero attached hydrogens (tertiary/aromatic N) is 2. The molecule has 0 radical (unpaired) electrons. The van der Waals surface area contributed by atoms with Crippen molar-refractivity contribution >= 4 is 5.69 Å². The third kappa shape index (κ3) is 3.58. The smallest absolute Gasteiger partial charge is 0.0414 e. The van der Waals surface area contributed by atoms with Crippen LogP contribution in [0.4, 0.5) is 5.69 Å². The maximum Gasteiger partial charge on any atom is 0.0414 e. The first-order valence-corrected chi connectivity index (χ1v) is 8.66. The Bertz CT molecular complexity index is 446. The van der Waals surface area contributed by atoms with E-state index in [1.165, 1.54) is 56.6 Å². The SMILES string of the molecule is CCCN1CCCC(N2CCNCc3ccccc32)CC1. The highest BCUT2D eigenvalue weighted by molar-refractivity contribution is 5.55. The van der Waals surface area contributed by atoms with Crippen molar-refractivity contribution in [3.8, 4) is 0 Å². The van der Waals surface area contributed by atoms with E-state index in [0.717, 1.165) is 19.6 Å². The molecule has 0 bridgehead atoms. The molecule has 1 aromatic rings. The maximum absolute atomic E-state index is 3.57. The van der Waals surface area contributed by atoms with E-state index in [4.69, 9.17) is 0 Å². The van der Waals surface area contributed by atoms with Gasteiger partial charge in [0.15, 0.2) is 0 Å². The number of anilines is 1. The molecule has 0 aromatic heterocycles. The van der Waals surface area contributed by atoms with E-state index in [0.29, 0.717) is 6.04 Å². The number of para-hydroxylation sites is 1. The molecule has 2 aliphatic rings. The van der Waals surface area contributed by atoms with Crippen molar-refractivity contribution in [2.45, 2.75) is 45.2 Å². The number of benzene rings is 1. The monoisotopic (exact) mass is 287 g/mol. The van der Waals surface area contributed by atoms with Crippen LogP contribution >= 0.6 is 0 Å². The predicted octanol–water partition coefficient (Wildman–Crippen LogP) is 2.86. The molecule has 1 atom stereocenters. The molecule has 3 heteroatoms. The van der Waals surface area contributed by atoms with Gasteiger partial charge in [0, 0.05) is 37.9 Å². The zero-order valence-corrected chi connectivity index (χ0v) is 13.4. The lowest BCUT2D eigenvalue weighted by Crippen LogP contribution is -2.39. The molecular weight excluding hydrogens is 258 g/mol. The number of hydrogen-bond acceptors (Lipinski definition) is 3. The van der Waals surface area contributed by atoms with Crippen LogP contribution in [0.15, 0.2) is 24.3 Å². The molecule has 0 spiro atoms. The van der Waals surface area contributed by atoms with Crippen LogP contribution in [0.25, 0.3) is 0 Å². The first-order chi connectivity index (χ1) is 10.4. The van der Waals surface area contributed by atoms with Gasteiger partial charge in [0.1, 0.15) is 0 Å². The lowest BCUT2D eigenvalue weighted by molar-refractivity contribution is 0.284. The minimum Gasteiger partial charge on any atom is -0.367 e. The normalized spacial score (nSPS) is 24.2. The molecule has 1 fully saturated rings. The van der Waals surface area contributed by atoms with Gasteiger partial charge < -0.3 is 15.1 Å². The van der Waals surface area contributed by atoms with Crippen LogP contribution in [-0.2, 0) is 6.54 Å². The molecule has 1 aromatic carbocycles. The van der Waals surface area contributed by atoms with E-state index in [1.54, 1.807) is 0 Å². The fraction of sp³-hybridized carbons (Fsp3) is 0.667. The Labute approximate surface area is 129 Å². The van der Waals surface area contributed by atoms with Crippen molar-refractivity contribution in [2.24, 2.45) is 0 Å². The highest BCUT2D eigenvalue weighted by Crippen LogP contribution is 2.28. The number of fused-ring (bicyclic) bond motifs is 1. The molecule has 21 heavy (non-hydrogen) atoms. The molecule has 1 N–H and O–H groups in total. The topological polar surface area (TPSA) is 18.5 Å². The predicted molar refractivity (Wildman–Crippen MR) is 89.9 cm³/mol. The van der Waals surface area contributed by atoms with Crippen molar-refractivity contribution in [3.63, 3.8) is 0 Å². The fourth-order valence-electron chi connectivity index (χ4n) is 3.85. The van der Waals surface area contributed by atoms with Crippen LogP contribution in [0.2, 0.25) is 0 Å². The largest absolute Gasteiger partial charge is 0.367 e. The van der Waals surface area contributed by atoms with E-state index in [9.17, 15) is 0 Å². The van der Waals surface area contributed by atoms with Gasteiger partial charge in [0.2, 0.25) is 0 Å². The summed E-state index contributed by atoms with van der Waals surface area (Å²) < 4.78 is 0. The molecule has 0 amide bonds. The third-order valence-electron chi connectivity index (χ3n) is 4.92. The van der Waals surface area contributed by atoms with Crippen molar-refractivity contribution in [1.82, 2.24) is 10.2 Å². The Morgan fingerprint density at radius 2 is 2.05 bits per heavy atom. The van der Waals surface area contributed by atoms with Crippen LogP contribution in [0.5, 0.6) is 0 Å². The Morgan fingerprint density at radius 3 is 2.95 bits per heavy atom. The van der Waals surface area contributed by atoms with E-state index in [1.807, 2.05) is 0 Å². The fourth-order valence-corrected chi connectivity index (χ4v) is 3.85. The zero-order chi connectivity index (χ0) is 14.5. The highest BCUT2D eigenvalue weighted by Gasteiger charge is 2.25. The number of likely N-dealkylation sites (tertiary alicyclic amines) is 1. The molecule has 2 aliphatic heterocycles. The van der Waals surface area contributed by atoms with Gasteiger partial charge in [-0.2, -0.15) is 0 Å². The lowest BCUT2D eigenvalue weighted by atomic mass is 10.0. The van der Waals surface area contributed by atoms with E-state index in [-0.39, 0.29) is 0 Å². The van der Waals surface area contributed by atoms with Gasteiger partial charge in [0.05, 0.1) is 0 Å². The van der Waals surface area contributed by atoms with Crippen molar-refractivity contribution < 1.29 is 0 Å². The summed E-state index contributed by atoms with van der Waals surface area (Å²) in [6.45, 7) is 9.38. The Hall–Kier alpha value is -1.06. The second kappa shape index (κ2) is 7.28. The average Bonchev–Trinajstić information content (AvgIpc) is 2.86. The first kappa shape index (κ1) is 14.9. The van der Waals surface area contributed by atoms with Crippen molar-refractivity contribution in [2.75, 3.05) is 37.6 Å². The van der Waals surface area contributed by atoms with Crippen molar-refractivity contribution in [1.29, 1.82) is 0 Å². The van der Waals surface area contributed by atoms with Crippen LogP contribution in [0, 0.1) is 0 Å². The summed E-state index contributed by atoms with van der Waals surface area (Å²) >= 11 is 0. The summed E-state index contributed by atoms with van der Waals surface area (Å²) in [7, 11) is 0. The average molecular weight is 287 g/mol. The number of rotatable bonds is 3. The van der Waals surface area contributed by atoms with Crippen LogP contribution in [0.3, 0.4) is 0 Å². The second-order valence-electron chi connectivity index (χ2n) is 6.43. The third-order valence-corrected chi connectivity index (χ3v) is 4.92. The maximum atomic E-state index is 3.57. The van der Waals surface area contributed by atoms with Gasteiger partial charge in [-0.1, -0.05) is 25.1 Å². The summed E-state index contributed by atoms with van der Waals surface area (Å²) in [4.78, 5) is 5.34. The van der Waals surface area contributed by atoms with E-state index >= 15 is 0 Å². The molecule has 1 saturated heterocycles. The van der Waals surface area contributed by atoms with E-state index in [2.05, 4.69) is 46.3 Å². The molecule has 1 unspecified atom stereocenters. The minimum atomic E-state index is 0.716. The standard InChI is InChI=1S/C18H29N3/c1-2-11-20-12-5-7-17(9-13-20)21-14-10-19-15-16-6-3-4-8-18(16)21/h3-4,6,8,17,19H,2,5,7,9-15H2,1H3. The Morgan fingerprint density at radius 1 is 1.14 bits per heavy atom. The quantitative estimate of drug-likeness (QED) is 0.922. The van der Waals surface area contributed by atoms with Crippen LogP contribution in [0.1, 0.15) is 38.2 Å². The minimum absolute atomic E-state index is 0.716. The summed E-state index contributed by atoms with van der Waals surface area (Å²) in [5, 5.41) is 3.57.